The summed E-state index contributed by atoms with van der Waals surface area (Å²) in [4.78, 5) is 13.7. The van der Waals surface area contributed by atoms with Crippen LogP contribution in [0.5, 0.6) is 11.5 Å². The van der Waals surface area contributed by atoms with Gasteiger partial charge in [0.25, 0.3) is 5.91 Å². The highest BCUT2D eigenvalue weighted by molar-refractivity contribution is 5.77. The number of carbonyl (C=O) groups excluding carboxylic acids is 1. The van der Waals surface area contributed by atoms with Crippen molar-refractivity contribution in [3.05, 3.63) is 60.2 Å². The number of ether oxygens (including phenoxy) is 2. The number of carbonyl (C=O) groups is 1. The van der Waals surface area contributed by atoms with E-state index in [1.807, 2.05) is 55.5 Å². The van der Waals surface area contributed by atoms with E-state index < -0.39 is 0 Å². The molecule has 0 aliphatic heterocycles. The van der Waals surface area contributed by atoms with Gasteiger partial charge >= 0.3 is 0 Å². The van der Waals surface area contributed by atoms with Crippen LogP contribution in [-0.4, -0.2) is 37.0 Å². The van der Waals surface area contributed by atoms with Gasteiger partial charge in [-0.1, -0.05) is 42.5 Å². The van der Waals surface area contributed by atoms with Gasteiger partial charge in [0.15, 0.2) is 18.1 Å². The number of para-hydroxylation sites is 2. The molecule has 0 bridgehead atoms. The number of hydrogen-bond acceptors (Lipinski definition) is 4. The van der Waals surface area contributed by atoms with Crippen LogP contribution in [0.3, 0.4) is 0 Å². The number of nitrogens with two attached hydrogens (primary N) is 1. The van der Waals surface area contributed by atoms with Gasteiger partial charge in [-0.3, -0.25) is 4.79 Å². The molecular weight excluding hydrogens is 304 g/mol. The largest absolute Gasteiger partial charge is 0.485 e. The van der Waals surface area contributed by atoms with E-state index in [0.717, 1.165) is 5.56 Å². The average Bonchev–Trinajstić information content (AvgIpc) is 2.64. The molecule has 0 fully saturated rings. The molecule has 0 heterocycles. The fourth-order valence-corrected chi connectivity index (χ4v) is 2.07. The van der Waals surface area contributed by atoms with E-state index in [9.17, 15) is 4.79 Å². The van der Waals surface area contributed by atoms with Crippen LogP contribution in [0.2, 0.25) is 0 Å². The van der Waals surface area contributed by atoms with Crippen molar-refractivity contribution in [3.63, 3.8) is 0 Å². The van der Waals surface area contributed by atoms with Gasteiger partial charge in [-0.2, -0.15) is 0 Å². The maximum atomic E-state index is 12.1. The fraction of sp³-hybridized carbons (Fsp3) is 0.316. The molecule has 1 amide bonds. The van der Waals surface area contributed by atoms with Gasteiger partial charge < -0.3 is 20.1 Å². The molecule has 5 nitrogen and oxygen atoms in total. The second-order valence-electron chi connectivity index (χ2n) is 5.60. The molecule has 0 aliphatic carbocycles. The Bertz CT molecular complexity index is 646. The first kappa shape index (κ1) is 17.8. The highest BCUT2D eigenvalue weighted by atomic mass is 16.5. The molecule has 2 aromatic carbocycles. The first-order chi connectivity index (χ1) is 11.6. The maximum Gasteiger partial charge on any atom is 0.260 e. The Labute approximate surface area is 143 Å². The van der Waals surface area contributed by atoms with E-state index in [2.05, 4.69) is 0 Å². The zero-order chi connectivity index (χ0) is 17.4. The third-order valence-electron chi connectivity index (χ3n) is 3.83. The minimum absolute atomic E-state index is 0.0225. The van der Waals surface area contributed by atoms with Crippen LogP contribution < -0.4 is 15.2 Å². The standard InChI is InChI=1S/C19H24N2O3/c1-15(12-20)21(2)19(22)14-24-18-11-7-6-10-17(18)23-13-16-8-4-3-5-9-16/h3-11,15H,12-14,20H2,1-2H3. The maximum absolute atomic E-state index is 12.1. The summed E-state index contributed by atoms with van der Waals surface area (Å²) in [6, 6.07) is 17.2. The molecule has 0 saturated carbocycles. The van der Waals surface area contributed by atoms with Gasteiger partial charge in [-0.05, 0) is 24.6 Å². The van der Waals surface area contributed by atoms with Gasteiger partial charge in [0, 0.05) is 19.6 Å². The molecule has 0 radical (unpaired) electrons. The van der Waals surface area contributed by atoms with Gasteiger partial charge in [0.1, 0.15) is 6.61 Å². The van der Waals surface area contributed by atoms with Crippen LogP contribution in [0.4, 0.5) is 0 Å². The van der Waals surface area contributed by atoms with E-state index in [1.165, 1.54) is 0 Å². The number of likely N-dealkylation sites (N-methyl/N-ethyl adjacent to an activating group) is 1. The lowest BCUT2D eigenvalue weighted by molar-refractivity contribution is -0.133. The first-order valence-electron chi connectivity index (χ1n) is 7.96. The van der Waals surface area contributed by atoms with Crippen LogP contribution in [0, 0.1) is 0 Å². The number of rotatable bonds is 8. The summed E-state index contributed by atoms with van der Waals surface area (Å²) in [6.07, 6.45) is 0. The van der Waals surface area contributed by atoms with Crippen LogP contribution in [-0.2, 0) is 11.4 Å². The predicted molar refractivity (Wildman–Crippen MR) is 94.0 cm³/mol. The molecule has 0 spiro atoms. The summed E-state index contributed by atoms with van der Waals surface area (Å²) in [5.74, 6) is 1.05. The number of benzene rings is 2. The van der Waals surface area contributed by atoms with Crippen molar-refractivity contribution in [1.29, 1.82) is 0 Å². The Morgan fingerprint density at radius 1 is 1.04 bits per heavy atom. The van der Waals surface area contributed by atoms with Crippen molar-refractivity contribution in [1.82, 2.24) is 4.90 Å². The predicted octanol–water partition coefficient (Wildman–Crippen LogP) is 2.45. The molecule has 24 heavy (non-hydrogen) atoms. The van der Waals surface area contributed by atoms with Gasteiger partial charge in [-0.25, -0.2) is 0 Å². The average molecular weight is 328 g/mol. The Balaban J connectivity index is 1.95. The normalized spacial score (nSPS) is 11.6. The van der Waals surface area contributed by atoms with Crippen LogP contribution in [0.25, 0.3) is 0 Å². The Hall–Kier alpha value is -2.53. The molecule has 2 N–H and O–H groups in total. The first-order valence-corrected chi connectivity index (χ1v) is 7.96. The van der Waals surface area contributed by atoms with E-state index in [-0.39, 0.29) is 18.6 Å². The topological polar surface area (TPSA) is 64.8 Å². The number of nitrogens with zero attached hydrogens (tertiary/aromatic N) is 1. The van der Waals surface area contributed by atoms with Gasteiger partial charge in [-0.15, -0.1) is 0 Å². The third-order valence-corrected chi connectivity index (χ3v) is 3.83. The molecule has 5 heteroatoms. The van der Waals surface area contributed by atoms with E-state index in [0.29, 0.717) is 24.7 Å². The molecular formula is C19H24N2O3. The van der Waals surface area contributed by atoms with Crippen LogP contribution >= 0.6 is 0 Å². The number of amides is 1. The molecule has 0 aliphatic rings. The molecule has 128 valence electrons. The minimum Gasteiger partial charge on any atom is -0.485 e. The zero-order valence-electron chi connectivity index (χ0n) is 14.1. The van der Waals surface area contributed by atoms with E-state index in [1.54, 1.807) is 18.0 Å². The lowest BCUT2D eigenvalue weighted by Gasteiger charge is -2.23. The fourth-order valence-electron chi connectivity index (χ4n) is 2.07. The van der Waals surface area contributed by atoms with Gasteiger partial charge in [0.2, 0.25) is 0 Å². The van der Waals surface area contributed by atoms with E-state index >= 15 is 0 Å². The summed E-state index contributed by atoms with van der Waals surface area (Å²) in [5.41, 5.74) is 6.65. The summed E-state index contributed by atoms with van der Waals surface area (Å²) in [6.45, 7) is 2.71. The van der Waals surface area contributed by atoms with Crippen molar-refractivity contribution in [3.8, 4) is 11.5 Å². The highest BCUT2D eigenvalue weighted by Gasteiger charge is 2.15. The summed E-state index contributed by atoms with van der Waals surface area (Å²) >= 11 is 0. The van der Waals surface area contributed by atoms with Crippen molar-refractivity contribution in [2.45, 2.75) is 19.6 Å². The SMILES string of the molecule is CC(CN)N(C)C(=O)COc1ccccc1OCc1ccccc1. The molecule has 2 aromatic rings. The van der Waals surface area contributed by atoms with E-state index in [4.69, 9.17) is 15.2 Å². The second kappa shape index (κ2) is 8.93. The Kier molecular flexibility index (Phi) is 6.63. The quantitative estimate of drug-likeness (QED) is 0.808. The summed E-state index contributed by atoms with van der Waals surface area (Å²) < 4.78 is 11.5. The van der Waals surface area contributed by atoms with Crippen LogP contribution in [0.1, 0.15) is 12.5 Å². The van der Waals surface area contributed by atoms with Crippen molar-refractivity contribution < 1.29 is 14.3 Å². The lowest BCUT2D eigenvalue weighted by Crippen LogP contribution is -2.42. The molecule has 1 unspecified atom stereocenters. The second-order valence-corrected chi connectivity index (χ2v) is 5.60. The van der Waals surface area contributed by atoms with Gasteiger partial charge in [0.05, 0.1) is 0 Å². The van der Waals surface area contributed by atoms with Crippen LogP contribution in [0.15, 0.2) is 54.6 Å². The zero-order valence-corrected chi connectivity index (χ0v) is 14.1. The number of hydrogen-bond donors (Lipinski definition) is 1. The lowest BCUT2D eigenvalue weighted by atomic mass is 10.2. The Morgan fingerprint density at radius 2 is 1.62 bits per heavy atom. The third kappa shape index (κ3) is 4.99. The monoisotopic (exact) mass is 328 g/mol. The molecule has 0 saturated heterocycles. The highest BCUT2D eigenvalue weighted by Crippen LogP contribution is 2.27. The molecule has 1 atom stereocenters. The molecule has 0 aromatic heterocycles. The van der Waals surface area contributed by atoms with Crippen molar-refractivity contribution >= 4 is 5.91 Å². The van der Waals surface area contributed by atoms with Crippen molar-refractivity contribution in [2.24, 2.45) is 5.73 Å². The summed E-state index contributed by atoms with van der Waals surface area (Å²) in [7, 11) is 1.72. The smallest absolute Gasteiger partial charge is 0.260 e. The van der Waals surface area contributed by atoms with Crippen molar-refractivity contribution in [2.75, 3.05) is 20.2 Å². The summed E-state index contributed by atoms with van der Waals surface area (Å²) in [5, 5.41) is 0. The minimum atomic E-state index is -0.120. The molecule has 2 rings (SSSR count). The Morgan fingerprint density at radius 3 is 2.25 bits per heavy atom.